The van der Waals surface area contributed by atoms with Gasteiger partial charge in [0.25, 0.3) is 5.91 Å². The molecule has 0 bridgehead atoms. The maximum Gasteiger partial charge on any atom is 0.251 e. The molecule has 0 unspecified atom stereocenters. The fourth-order valence-corrected chi connectivity index (χ4v) is 2.98. The van der Waals surface area contributed by atoms with Gasteiger partial charge in [-0.3, -0.25) is 9.79 Å². The monoisotopic (exact) mass is 540 g/mol. The highest BCUT2D eigenvalue weighted by molar-refractivity contribution is 14.0. The first-order valence-electron chi connectivity index (χ1n) is 10.3. The average molecular weight is 540 g/mol. The molecule has 0 atom stereocenters. The Morgan fingerprint density at radius 1 is 1.10 bits per heavy atom. The quantitative estimate of drug-likeness (QED) is 0.161. The molecular weight excluding hydrogens is 507 g/mol. The van der Waals surface area contributed by atoms with Crippen LogP contribution in [0.15, 0.2) is 47.5 Å². The number of amides is 1. The summed E-state index contributed by atoms with van der Waals surface area (Å²) < 4.78 is 5.43. The Balaban J connectivity index is 0.00000480. The number of methoxy groups -OCH3 is 1. The SMILES string of the molecule is CCNC(=NCCCNC(=O)c1cccc(O)c1)NCCc1cc(C)ccc1OC.I. The van der Waals surface area contributed by atoms with Crippen LogP contribution < -0.4 is 20.7 Å². The number of ether oxygens (including phenoxy) is 1. The topological polar surface area (TPSA) is 95.0 Å². The van der Waals surface area contributed by atoms with Gasteiger partial charge in [0, 0.05) is 31.7 Å². The molecule has 0 aliphatic rings. The summed E-state index contributed by atoms with van der Waals surface area (Å²) in [6.07, 6.45) is 1.54. The van der Waals surface area contributed by atoms with Crippen molar-refractivity contribution >= 4 is 35.8 Å². The van der Waals surface area contributed by atoms with E-state index in [2.05, 4.69) is 33.9 Å². The van der Waals surface area contributed by atoms with Gasteiger partial charge < -0.3 is 25.8 Å². The molecule has 1 amide bonds. The second kappa shape index (κ2) is 14.5. The third-order valence-electron chi connectivity index (χ3n) is 4.47. The van der Waals surface area contributed by atoms with Crippen molar-refractivity contribution in [3.8, 4) is 11.5 Å². The van der Waals surface area contributed by atoms with Crippen molar-refractivity contribution in [2.75, 3.05) is 33.3 Å². The number of aliphatic imine (C=N–C) groups is 1. The zero-order chi connectivity index (χ0) is 21.8. The van der Waals surface area contributed by atoms with Crippen LogP contribution in [-0.2, 0) is 6.42 Å². The van der Waals surface area contributed by atoms with Crippen LogP contribution in [0.2, 0.25) is 0 Å². The molecule has 0 spiro atoms. The number of carbonyl (C=O) groups is 1. The summed E-state index contributed by atoms with van der Waals surface area (Å²) in [6.45, 7) is 6.70. The number of hydrogen-bond donors (Lipinski definition) is 4. The highest BCUT2D eigenvalue weighted by Gasteiger charge is 2.06. The highest BCUT2D eigenvalue weighted by Crippen LogP contribution is 2.19. The van der Waals surface area contributed by atoms with Crippen molar-refractivity contribution in [2.45, 2.75) is 26.7 Å². The van der Waals surface area contributed by atoms with E-state index in [0.717, 1.165) is 36.8 Å². The van der Waals surface area contributed by atoms with Crippen LogP contribution in [-0.4, -0.2) is 50.3 Å². The number of benzene rings is 2. The highest BCUT2D eigenvalue weighted by atomic mass is 127. The molecule has 0 aromatic heterocycles. The second-order valence-corrected chi connectivity index (χ2v) is 6.91. The predicted octanol–water partition coefficient (Wildman–Crippen LogP) is 3.24. The van der Waals surface area contributed by atoms with Gasteiger partial charge in [0.1, 0.15) is 11.5 Å². The fourth-order valence-electron chi connectivity index (χ4n) is 2.98. The number of hydrogen-bond acceptors (Lipinski definition) is 4. The molecule has 170 valence electrons. The molecule has 31 heavy (non-hydrogen) atoms. The maximum atomic E-state index is 12.1. The van der Waals surface area contributed by atoms with E-state index in [1.807, 2.05) is 19.1 Å². The summed E-state index contributed by atoms with van der Waals surface area (Å²) in [7, 11) is 1.69. The van der Waals surface area contributed by atoms with Crippen LogP contribution >= 0.6 is 24.0 Å². The molecule has 7 nitrogen and oxygen atoms in total. The Morgan fingerprint density at radius 3 is 2.61 bits per heavy atom. The third kappa shape index (κ3) is 9.46. The van der Waals surface area contributed by atoms with Gasteiger partial charge in [0.15, 0.2) is 5.96 Å². The van der Waals surface area contributed by atoms with E-state index in [9.17, 15) is 9.90 Å². The second-order valence-electron chi connectivity index (χ2n) is 6.91. The number of halogens is 1. The summed E-state index contributed by atoms with van der Waals surface area (Å²) in [5.74, 6) is 1.53. The molecule has 2 rings (SSSR count). The Hall–Kier alpha value is -2.49. The summed E-state index contributed by atoms with van der Waals surface area (Å²) in [5, 5.41) is 18.9. The number of nitrogens with zero attached hydrogens (tertiary/aromatic N) is 1. The molecule has 0 aliphatic heterocycles. The first-order valence-corrected chi connectivity index (χ1v) is 10.3. The number of phenolic OH excluding ortho intramolecular Hbond substituents is 1. The van der Waals surface area contributed by atoms with Gasteiger partial charge in [0.05, 0.1) is 7.11 Å². The van der Waals surface area contributed by atoms with Crippen LogP contribution in [0, 0.1) is 6.92 Å². The summed E-state index contributed by atoms with van der Waals surface area (Å²) >= 11 is 0. The molecular formula is C23H33IN4O3. The fraction of sp³-hybridized carbons (Fsp3) is 0.391. The minimum absolute atomic E-state index is 0. The van der Waals surface area contributed by atoms with Gasteiger partial charge in [-0.2, -0.15) is 0 Å². The lowest BCUT2D eigenvalue weighted by Gasteiger charge is -2.13. The predicted molar refractivity (Wildman–Crippen MR) is 136 cm³/mol. The number of rotatable bonds is 10. The first kappa shape index (κ1) is 26.5. The minimum Gasteiger partial charge on any atom is -0.508 e. The lowest BCUT2D eigenvalue weighted by atomic mass is 10.1. The number of carbonyl (C=O) groups excluding carboxylic acids is 1. The van der Waals surface area contributed by atoms with E-state index < -0.39 is 0 Å². The number of aromatic hydroxyl groups is 1. The van der Waals surface area contributed by atoms with E-state index in [0.29, 0.717) is 25.1 Å². The van der Waals surface area contributed by atoms with E-state index in [-0.39, 0.29) is 35.6 Å². The van der Waals surface area contributed by atoms with E-state index in [4.69, 9.17) is 4.74 Å². The summed E-state index contributed by atoms with van der Waals surface area (Å²) in [6, 6.07) is 12.5. The number of guanidine groups is 1. The first-order chi connectivity index (χ1) is 14.5. The smallest absolute Gasteiger partial charge is 0.251 e. The van der Waals surface area contributed by atoms with E-state index in [1.165, 1.54) is 17.7 Å². The molecule has 0 radical (unpaired) electrons. The van der Waals surface area contributed by atoms with Crippen LogP contribution in [0.1, 0.15) is 34.8 Å². The van der Waals surface area contributed by atoms with Gasteiger partial charge in [-0.25, -0.2) is 0 Å². The van der Waals surface area contributed by atoms with Gasteiger partial charge in [0.2, 0.25) is 0 Å². The van der Waals surface area contributed by atoms with Gasteiger partial charge >= 0.3 is 0 Å². The van der Waals surface area contributed by atoms with Crippen LogP contribution in [0.4, 0.5) is 0 Å². The molecule has 0 saturated carbocycles. The zero-order valence-electron chi connectivity index (χ0n) is 18.4. The zero-order valence-corrected chi connectivity index (χ0v) is 20.7. The Kier molecular flexibility index (Phi) is 12.4. The Labute approximate surface area is 201 Å². The van der Waals surface area contributed by atoms with E-state index >= 15 is 0 Å². The molecule has 0 heterocycles. The molecule has 0 aliphatic carbocycles. The molecule has 2 aromatic rings. The summed E-state index contributed by atoms with van der Waals surface area (Å²) in [5.41, 5.74) is 2.81. The van der Waals surface area contributed by atoms with Crippen LogP contribution in [0.5, 0.6) is 11.5 Å². The molecule has 8 heteroatoms. The minimum atomic E-state index is -0.202. The van der Waals surface area contributed by atoms with Gasteiger partial charge in [-0.1, -0.05) is 23.8 Å². The summed E-state index contributed by atoms with van der Waals surface area (Å²) in [4.78, 5) is 16.6. The van der Waals surface area contributed by atoms with E-state index in [1.54, 1.807) is 19.2 Å². The standard InChI is InChI=1S/C23H32N4O3.HI/c1-4-24-23(27-14-11-18-15-17(2)9-10-21(18)30-3)26-13-6-12-25-22(29)19-7-5-8-20(28)16-19;/h5,7-10,15-16,28H,4,6,11-14H2,1-3H3,(H,25,29)(H2,24,26,27);1H. The molecule has 0 fully saturated rings. The number of aryl methyl sites for hydroxylation is 1. The number of nitrogens with one attached hydrogen (secondary N) is 3. The Morgan fingerprint density at radius 2 is 1.90 bits per heavy atom. The van der Waals surface area contributed by atoms with Crippen LogP contribution in [0.25, 0.3) is 0 Å². The molecule has 2 aromatic carbocycles. The Bertz CT molecular complexity index is 858. The van der Waals surface area contributed by atoms with Crippen LogP contribution in [0.3, 0.4) is 0 Å². The van der Waals surface area contributed by atoms with Gasteiger partial charge in [-0.05, 0) is 56.5 Å². The largest absolute Gasteiger partial charge is 0.508 e. The average Bonchev–Trinajstić information content (AvgIpc) is 2.73. The molecule has 0 saturated heterocycles. The lowest BCUT2D eigenvalue weighted by molar-refractivity contribution is 0.0953. The maximum absolute atomic E-state index is 12.1. The van der Waals surface area contributed by atoms with Crippen molar-refractivity contribution in [3.63, 3.8) is 0 Å². The number of phenols is 1. The van der Waals surface area contributed by atoms with Crippen molar-refractivity contribution < 1.29 is 14.6 Å². The van der Waals surface area contributed by atoms with Crippen molar-refractivity contribution in [1.82, 2.24) is 16.0 Å². The van der Waals surface area contributed by atoms with Crippen molar-refractivity contribution in [3.05, 3.63) is 59.2 Å². The normalized spacial score (nSPS) is 10.7. The van der Waals surface area contributed by atoms with Crippen molar-refractivity contribution in [1.29, 1.82) is 0 Å². The third-order valence-corrected chi connectivity index (χ3v) is 4.47. The van der Waals surface area contributed by atoms with Gasteiger partial charge in [-0.15, -0.1) is 24.0 Å². The van der Waals surface area contributed by atoms with Crippen molar-refractivity contribution in [2.24, 2.45) is 4.99 Å². The molecule has 4 N–H and O–H groups in total. The lowest BCUT2D eigenvalue weighted by Crippen LogP contribution is -2.38.